The number of carbonyl (C=O) groups is 1. The van der Waals surface area contributed by atoms with Gasteiger partial charge in [0.15, 0.2) is 0 Å². The number of carbonyl (C=O) groups excluding carboxylic acids is 1. The topological polar surface area (TPSA) is 96.5 Å². The lowest BCUT2D eigenvalue weighted by atomic mass is 10.1. The van der Waals surface area contributed by atoms with Gasteiger partial charge in [0, 0.05) is 38.4 Å². The molecule has 1 saturated heterocycles. The number of amides is 1. The number of hydrogen-bond donors (Lipinski definition) is 1. The van der Waals surface area contributed by atoms with Crippen molar-refractivity contribution in [2.45, 2.75) is 33.7 Å². The van der Waals surface area contributed by atoms with Crippen LogP contribution in [0.15, 0.2) is 33.8 Å². The molecule has 0 unspecified atom stereocenters. The highest BCUT2D eigenvalue weighted by molar-refractivity contribution is 5.77. The van der Waals surface area contributed by atoms with E-state index in [4.69, 9.17) is 4.52 Å². The molecule has 9 nitrogen and oxygen atoms in total. The van der Waals surface area contributed by atoms with Gasteiger partial charge in [-0.1, -0.05) is 17.3 Å². The van der Waals surface area contributed by atoms with E-state index in [0.717, 1.165) is 39.1 Å². The number of fused-ring (bicyclic) bond motifs is 1. The molecule has 0 bridgehead atoms. The number of nitrogens with zero attached hydrogens (tertiary/aromatic N) is 5. The average molecular weight is 439 g/mol. The van der Waals surface area contributed by atoms with Crippen LogP contribution in [0.1, 0.15) is 23.2 Å². The van der Waals surface area contributed by atoms with Gasteiger partial charge in [-0.15, -0.1) is 0 Å². The van der Waals surface area contributed by atoms with Crippen molar-refractivity contribution in [2.75, 3.05) is 44.2 Å². The Balaban J connectivity index is 1.20. The molecule has 1 aromatic carbocycles. The third-order valence-corrected chi connectivity index (χ3v) is 6.00. The molecule has 3 aromatic rings. The van der Waals surface area contributed by atoms with E-state index in [2.05, 4.69) is 57.3 Å². The van der Waals surface area contributed by atoms with E-state index in [1.807, 2.05) is 0 Å². The molecule has 0 atom stereocenters. The monoisotopic (exact) mass is 438 g/mol. The minimum absolute atomic E-state index is 0.0685. The molecular weight excluding hydrogens is 408 g/mol. The van der Waals surface area contributed by atoms with Crippen LogP contribution in [-0.4, -0.2) is 64.8 Å². The largest absolute Gasteiger partial charge is 0.369 e. The van der Waals surface area contributed by atoms with Crippen LogP contribution in [0, 0.1) is 20.8 Å². The van der Waals surface area contributed by atoms with Gasteiger partial charge in [0.25, 0.3) is 11.3 Å². The molecule has 4 rings (SSSR count). The molecule has 1 fully saturated rings. The number of nitrogens with one attached hydrogen (secondary N) is 1. The lowest BCUT2D eigenvalue weighted by Gasteiger charge is -2.37. The molecule has 1 amide bonds. The summed E-state index contributed by atoms with van der Waals surface area (Å²) in [4.78, 5) is 33.7. The summed E-state index contributed by atoms with van der Waals surface area (Å²) in [5, 5.41) is 6.97. The van der Waals surface area contributed by atoms with Gasteiger partial charge in [-0.3, -0.25) is 19.1 Å². The first kappa shape index (κ1) is 22.0. The molecule has 9 heteroatoms. The maximum absolute atomic E-state index is 12.5. The fraction of sp³-hybridized carbons (Fsp3) is 0.478. The maximum atomic E-state index is 12.5. The van der Waals surface area contributed by atoms with Crippen LogP contribution in [0.25, 0.3) is 11.1 Å². The molecule has 1 aliphatic heterocycles. The predicted octanol–water partition coefficient (Wildman–Crippen LogP) is 1.64. The van der Waals surface area contributed by atoms with E-state index >= 15 is 0 Å². The van der Waals surface area contributed by atoms with Gasteiger partial charge in [-0.05, 0) is 50.9 Å². The lowest BCUT2D eigenvalue weighted by molar-refractivity contribution is -0.121. The maximum Gasteiger partial charge on any atom is 0.267 e. The van der Waals surface area contributed by atoms with Crippen LogP contribution in [0.2, 0.25) is 0 Å². The quantitative estimate of drug-likeness (QED) is 0.560. The van der Waals surface area contributed by atoms with Gasteiger partial charge in [-0.2, -0.15) is 0 Å². The summed E-state index contributed by atoms with van der Waals surface area (Å²) >= 11 is 0. The van der Waals surface area contributed by atoms with E-state index in [0.29, 0.717) is 17.6 Å². The number of rotatable bonds is 7. The third-order valence-electron chi connectivity index (χ3n) is 6.00. The molecule has 0 spiro atoms. The number of hydrogen-bond acceptors (Lipinski definition) is 7. The van der Waals surface area contributed by atoms with Gasteiger partial charge in [0.1, 0.15) is 18.3 Å². The van der Waals surface area contributed by atoms with E-state index in [9.17, 15) is 9.59 Å². The minimum atomic E-state index is -0.314. The van der Waals surface area contributed by atoms with Crippen molar-refractivity contribution >= 4 is 22.7 Å². The zero-order chi connectivity index (χ0) is 22.7. The zero-order valence-corrected chi connectivity index (χ0v) is 18.9. The van der Waals surface area contributed by atoms with Crippen LogP contribution in [0.5, 0.6) is 0 Å². The Bertz CT molecular complexity index is 1160. The third kappa shape index (κ3) is 4.83. The Morgan fingerprint density at radius 1 is 1.16 bits per heavy atom. The number of aryl methyl sites for hydroxylation is 3. The van der Waals surface area contributed by atoms with E-state index < -0.39 is 0 Å². The van der Waals surface area contributed by atoms with Crippen molar-refractivity contribution in [2.24, 2.45) is 0 Å². The van der Waals surface area contributed by atoms with Gasteiger partial charge in [0.2, 0.25) is 5.91 Å². The van der Waals surface area contributed by atoms with Crippen LogP contribution >= 0.6 is 0 Å². The SMILES string of the molecule is Cc1ccc(C)c(N2CCN(CCCNC(=O)Cn3cnc4onc(C)c4c3=O)CC2)c1. The Morgan fingerprint density at radius 2 is 1.94 bits per heavy atom. The summed E-state index contributed by atoms with van der Waals surface area (Å²) in [5.74, 6) is -0.206. The highest BCUT2D eigenvalue weighted by atomic mass is 16.5. The van der Waals surface area contributed by atoms with Gasteiger partial charge in [-0.25, -0.2) is 4.98 Å². The summed E-state index contributed by atoms with van der Waals surface area (Å²) in [6.07, 6.45) is 2.19. The molecule has 0 saturated carbocycles. The summed E-state index contributed by atoms with van der Waals surface area (Å²) in [5.41, 5.74) is 4.30. The average Bonchev–Trinajstić information content (AvgIpc) is 3.17. The van der Waals surface area contributed by atoms with Crippen LogP contribution in [0.3, 0.4) is 0 Å². The van der Waals surface area contributed by atoms with Crippen molar-refractivity contribution in [3.8, 4) is 0 Å². The molecular formula is C23H30N6O3. The van der Waals surface area contributed by atoms with Crippen molar-refractivity contribution in [3.05, 3.63) is 51.7 Å². The number of anilines is 1. The normalized spacial score (nSPS) is 14.8. The molecule has 2 aromatic heterocycles. The zero-order valence-electron chi connectivity index (χ0n) is 18.9. The predicted molar refractivity (Wildman–Crippen MR) is 123 cm³/mol. The standard InChI is InChI=1S/C23H30N6O3/c1-16-5-6-17(2)19(13-16)28-11-9-27(10-12-28)8-4-7-24-20(30)14-29-15-25-22-21(23(29)31)18(3)26-32-22/h5-6,13,15H,4,7-12,14H2,1-3H3,(H,24,30). The second-order valence-corrected chi connectivity index (χ2v) is 8.45. The first-order chi connectivity index (χ1) is 15.4. The van der Waals surface area contributed by atoms with Crippen LogP contribution in [0.4, 0.5) is 5.69 Å². The Labute approximate surface area is 187 Å². The summed E-state index contributed by atoms with van der Waals surface area (Å²) < 4.78 is 6.27. The fourth-order valence-electron chi connectivity index (χ4n) is 4.14. The molecule has 170 valence electrons. The van der Waals surface area contributed by atoms with Gasteiger partial charge < -0.3 is 14.7 Å². The van der Waals surface area contributed by atoms with Crippen molar-refractivity contribution in [3.63, 3.8) is 0 Å². The second kappa shape index (κ2) is 9.52. The van der Waals surface area contributed by atoms with Crippen LogP contribution < -0.4 is 15.8 Å². The number of benzene rings is 1. The van der Waals surface area contributed by atoms with E-state index in [-0.39, 0.29) is 23.7 Å². The Morgan fingerprint density at radius 3 is 2.72 bits per heavy atom. The number of piperazine rings is 1. The summed E-state index contributed by atoms with van der Waals surface area (Å²) in [6, 6.07) is 6.61. The smallest absolute Gasteiger partial charge is 0.267 e. The molecule has 0 radical (unpaired) electrons. The fourth-order valence-corrected chi connectivity index (χ4v) is 4.14. The van der Waals surface area contributed by atoms with Gasteiger partial charge >= 0.3 is 0 Å². The summed E-state index contributed by atoms with van der Waals surface area (Å²) in [7, 11) is 0. The Hall–Kier alpha value is -3.20. The highest BCUT2D eigenvalue weighted by Crippen LogP contribution is 2.22. The Kier molecular flexibility index (Phi) is 6.55. The molecule has 0 aliphatic carbocycles. The molecule has 1 N–H and O–H groups in total. The summed E-state index contributed by atoms with van der Waals surface area (Å²) in [6.45, 7) is 11.5. The molecule has 32 heavy (non-hydrogen) atoms. The van der Waals surface area contributed by atoms with Crippen LogP contribution in [-0.2, 0) is 11.3 Å². The number of aromatic nitrogens is 3. The van der Waals surface area contributed by atoms with Gasteiger partial charge in [0.05, 0.1) is 5.69 Å². The molecule has 3 heterocycles. The second-order valence-electron chi connectivity index (χ2n) is 8.45. The van der Waals surface area contributed by atoms with Crippen molar-refractivity contribution in [1.29, 1.82) is 0 Å². The van der Waals surface area contributed by atoms with E-state index in [1.54, 1.807) is 6.92 Å². The molecule has 1 aliphatic rings. The highest BCUT2D eigenvalue weighted by Gasteiger charge is 2.18. The van der Waals surface area contributed by atoms with Crippen molar-refractivity contribution < 1.29 is 9.32 Å². The first-order valence-corrected chi connectivity index (χ1v) is 11.0. The first-order valence-electron chi connectivity index (χ1n) is 11.0. The van der Waals surface area contributed by atoms with Crippen molar-refractivity contribution in [1.82, 2.24) is 24.9 Å². The van der Waals surface area contributed by atoms with E-state index in [1.165, 1.54) is 27.7 Å². The lowest BCUT2D eigenvalue weighted by Crippen LogP contribution is -2.47. The minimum Gasteiger partial charge on any atom is -0.369 e.